The number of ether oxygens (including phenoxy) is 1. The number of hydrogen-bond donors (Lipinski definition) is 0. The predicted molar refractivity (Wildman–Crippen MR) is 78.9 cm³/mol. The van der Waals surface area contributed by atoms with Crippen molar-refractivity contribution in [3.63, 3.8) is 0 Å². The van der Waals surface area contributed by atoms with E-state index in [1.54, 1.807) is 12.1 Å². The highest BCUT2D eigenvalue weighted by Crippen LogP contribution is 2.62. The molecule has 2 atom stereocenters. The molecule has 22 heavy (non-hydrogen) atoms. The molecular formula is C17H19NO4. The van der Waals surface area contributed by atoms with Crippen LogP contribution in [-0.2, 0) is 4.79 Å². The van der Waals surface area contributed by atoms with Gasteiger partial charge in [-0.25, -0.2) is 0 Å². The summed E-state index contributed by atoms with van der Waals surface area (Å²) in [5, 5.41) is 11.6. The Bertz CT molecular complexity index is 613. The smallest absolute Gasteiger partial charge is 0.317 e. The van der Waals surface area contributed by atoms with Crippen LogP contribution in [0.1, 0.15) is 38.5 Å². The van der Waals surface area contributed by atoms with Crippen molar-refractivity contribution >= 4 is 5.97 Å². The van der Waals surface area contributed by atoms with Crippen molar-refractivity contribution in [2.24, 2.45) is 17.3 Å². The first-order valence-electron chi connectivity index (χ1n) is 7.93. The van der Waals surface area contributed by atoms with Gasteiger partial charge in [-0.15, -0.1) is 0 Å². The zero-order valence-electron chi connectivity index (χ0n) is 12.4. The SMILES string of the molecule is O=C(Oc1ccccc1)C12CC3CC(C1)CC([N+](=O)[O-])(C3)C2. The maximum absolute atomic E-state index is 12.8. The summed E-state index contributed by atoms with van der Waals surface area (Å²) in [7, 11) is 0. The van der Waals surface area contributed by atoms with E-state index >= 15 is 0 Å². The molecule has 0 N–H and O–H groups in total. The Hall–Kier alpha value is -1.91. The van der Waals surface area contributed by atoms with E-state index in [0.717, 1.165) is 19.3 Å². The first-order chi connectivity index (χ1) is 10.5. The van der Waals surface area contributed by atoms with E-state index in [0.29, 0.717) is 36.8 Å². The zero-order chi connectivity index (χ0) is 15.4. The average molecular weight is 301 g/mol. The lowest BCUT2D eigenvalue weighted by Gasteiger charge is -2.56. The number of para-hydroxylation sites is 1. The van der Waals surface area contributed by atoms with Gasteiger partial charge in [-0.1, -0.05) is 18.2 Å². The molecule has 0 amide bonds. The van der Waals surface area contributed by atoms with Crippen LogP contribution in [0.4, 0.5) is 0 Å². The Labute approximate surface area is 128 Å². The highest BCUT2D eigenvalue weighted by Gasteiger charge is 2.67. The second-order valence-corrected chi connectivity index (χ2v) is 7.43. The van der Waals surface area contributed by atoms with Crippen molar-refractivity contribution in [2.75, 3.05) is 0 Å². The van der Waals surface area contributed by atoms with Crippen LogP contribution in [0.25, 0.3) is 0 Å². The van der Waals surface area contributed by atoms with Gasteiger partial charge in [0.1, 0.15) is 5.75 Å². The molecule has 116 valence electrons. The van der Waals surface area contributed by atoms with Gasteiger partial charge < -0.3 is 4.74 Å². The zero-order valence-corrected chi connectivity index (χ0v) is 12.4. The highest BCUT2D eigenvalue weighted by molar-refractivity contribution is 5.80. The second kappa shape index (κ2) is 4.54. The molecule has 0 radical (unpaired) electrons. The molecule has 0 aromatic heterocycles. The summed E-state index contributed by atoms with van der Waals surface area (Å²) in [5.74, 6) is 0.863. The molecule has 0 saturated heterocycles. The van der Waals surface area contributed by atoms with Crippen LogP contribution in [-0.4, -0.2) is 16.4 Å². The van der Waals surface area contributed by atoms with Crippen LogP contribution < -0.4 is 4.74 Å². The fraction of sp³-hybridized carbons (Fsp3) is 0.588. The third-order valence-corrected chi connectivity index (χ3v) is 5.80. The Balaban J connectivity index is 1.63. The van der Waals surface area contributed by atoms with Crippen LogP contribution in [0.5, 0.6) is 5.75 Å². The van der Waals surface area contributed by atoms with Crippen LogP contribution in [0.3, 0.4) is 0 Å². The van der Waals surface area contributed by atoms with E-state index in [1.807, 2.05) is 18.2 Å². The highest BCUT2D eigenvalue weighted by atomic mass is 16.6. The third kappa shape index (κ3) is 1.95. The molecule has 5 nitrogen and oxygen atoms in total. The molecule has 4 fully saturated rings. The van der Waals surface area contributed by atoms with Crippen molar-refractivity contribution in [2.45, 2.75) is 44.1 Å². The first kappa shape index (κ1) is 13.7. The largest absolute Gasteiger partial charge is 0.426 e. The van der Waals surface area contributed by atoms with Gasteiger partial charge in [0.15, 0.2) is 0 Å². The number of rotatable bonds is 3. The molecule has 1 aromatic rings. The predicted octanol–water partition coefficient (Wildman–Crippen LogP) is 3.21. The van der Waals surface area contributed by atoms with Gasteiger partial charge in [-0.3, -0.25) is 14.9 Å². The van der Waals surface area contributed by atoms with Gasteiger partial charge in [0.05, 0.1) is 5.41 Å². The van der Waals surface area contributed by atoms with Crippen LogP contribution >= 0.6 is 0 Å². The maximum Gasteiger partial charge on any atom is 0.317 e. The van der Waals surface area contributed by atoms with Crippen LogP contribution in [0.2, 0.25) is 0 Å². The fourth-order valence-electron chi connectivity index (χ4n) is 5.37. The number of carbonyl (C=O) groups excluding carboxylic acids is 1. The van der Waals surface area contributed by atoms with Crippen molar-refractivity contribution < 1.29 is 14.5 Å². The summed E-state index contributed by atoms with van der Waals surface area (Å²) >= 11 is 0. The molecule has 4 bridgehead atoms. The third-order valence-electron chi connectivity index (χ3n) is 5.80. The number of benzene rings is 1. The molecule has 5 rings (SSSR count). The van der Waals surface area contributed by atoms with E-state index < -0.39 is 11.0 Å². The van der Waals surface area contributed by atoms with E-state index in [9.17, 15) is 14.9 Å². The Morgan fingerprint density at radius 2 is 1.77 bits per heavy atom. The first-order valence-corrected chi connectivity index (χ1v) is 7.93. The molecule has 0 aliphatic heterocycles. The quantitative estimate of drug-likeness (QED) is 0.372. The topological polar surface area (TPSA) is 69.4 Å². The van der Waals surface area contributed by atoms with Crippen molar-refractivity contribution in [1.82, 2.24) is 0 Å². The van der Waals surface area contributed by atoms with Gasteiger partial charge in [-0.05, 0) is 43.2 Å². The minimum absolute atomic E-state index is 0.116. The van der Waals surface area contributed by atoms with Crippen molar-refractivity contribution in [3.05, 3.63) is 40.4 Å². The Kier molecular flexibility index (Phi) is 2.83. The van der Waals surface area contributed by atoms with Gasteiger partial charge in [0.25, 0.3) is 0 Å². The van der Waals surface area contributed by atoms with E-state index in [4.69, 9.17) is 4.74 Å². The fourth-order valence-corrected chi connectivity index (χ4v) is 5.37. The lowest BCUT2D eigenvalue weighted by molar-refractivity contribution is -0.590. The van der Waals surface area contributed by atoms with Crippen LogP contribution in [0.15, 0.2) is 30.3 Å². The van der Waals surface area contributed by atoms with Crippen molar-refractivity contribution in [3.8, 4) is 5.75 Å². The number of nitro groups is 1. The molecule has 4 aliphatic carbocycles. The summed E-state index contributed by atoms with van der Waals surface area (Å²) in [6.07, 6.45) is 4.17. The number of nitrogens with zero attached hydrogens (tertiary/aromatic N) is 1. The number of esters is 1. The van der Waals surface area contributed by atoms with Crippen molar-refractivity contribution in [1.29, 1.82) is 0 Å². The molecule has 0 spiro atoms. The number of hydrogen-bond acceptors (Lipinski definition) is 4. The molecular weight excluding hydrogens is 282 g/mol. The van der Waals surface area contributed by atoms with E-state index in [1.165, 1.54) is 0 Å². The molecule has 2 unspecified atom stereocenters. The van der Waals surface area contributed by atoms with Gasteiger partial charge in [0, 0.05) is 24.2 Å². The van der Waals surface area contributed by atoms with Gasteiger partial charge >= 0.3 is 5.97 Å². The lowest BCUT2D eigenvalue weighted by atomic mass is 9.47. The second-order valence-electron chi connectivity index (χ2n) is 7.43. The molecule has 5 heteroatoms. The maximum atomic E-state index is 12.8. The van der Waals surface area contributed by atoms with Gasteiger partial charge in [0.2, 0.25) is 5.54 Å². The summed E-state index contributed by atoms with van der Waals surface area (Å²) in [6, 6.07) is 9.01. The van der Waals surface area contributed by atoms with E-state index in [2.05, 4.69) is 0 Å². The Morgan fingerprint density at radius 3 is 2.36 bits per heavy atom. The molecule has 4 saturated carbocycles. The summed E-state index contributed by atoms with van der Waals surface area (Å²) in [4.78, 5) is 24.3. The molecule has 0 heterocycles. The summed E-state index contributed by atoms with van der Waals surface area (Å²) < 4.78 is 5.56. The lowest BCUT2D eigenvalue weighted by Crippen LogP contribution is -2.61. The Morgan fingerprint density at radius 1 is 1.14 bits per heavy atom. The normalized spacial score (nSPS) is 38.7. The monoisotopic (exact) mass is 301 g/mol. The van der Waals surface area contributed by atoms with E-state index in [-0.39, 0.29) is 10.9 Å². The minimum Gasteiger partial charge on any atom is -0.426 e. The van der Waals surface area contributed by atoms with Crippen LogP contribution in [0, 0.1) is 27.4 Å². The molecule has 4 aliphatic rings. The standard InChI is InChI=1S/C17H19NO4/c19-15(22-14-4-2-1-3-5-14)16-7-12-6-13(8-16)10-17(9-12,11-16)18(20)21/h1-5,12-13H,6-11H2. The summed E-state index contributed by atoms with van der Waals surface area (Å²) in [6.45, 7) is 0. The van der Waals surface area contributed by atoms with Gasteiger partial charge in [-0.2, -0.15) is 0 Å². The number of carbonyl (C=O) groups is 1. The summed E-state index contributed by atoms with van der Waals surface area (Å²) in [5.41, 5.74) is -1.53. The molecule has 1 aromatic carbocycles. The average Bonchev–Trinajstić information content (AvgIpc) is 2.46. The minimum atomic E-state index is -0.889.